The molecule has 0 bridgehead atoms. The van der Waals surface area contributed by atoms with Crippen molar-refractivity contribution in [3.8, 4) is 0 Å². The normalized spacial score (nSPS) is 8.31. The summed E-state index contributed by atoms with van der Waals surface area (Å²) in [5.74, 6) is 0. The first-order valence-electron chi connectivity index (χ1n) is 10.9. The van der Waals surface area contributed by atoms with Gasteiger partial charge >= 0.3 is 19.5 Å². The van der Waals surface area contributed by atoms with Gasteiger partial charge in [-0.25, -0.2) is 0 Å². The van der Waals surface area contributed by atoms with Crippen LogP contribution in [0.25, 0.3) is 35.1 Å². The average Bonchev–Trinajstić information content (AvgIpc) is 3.00. The zero-order valence-corrected chi connectivity index (χ0v) is 26.5. The molecule has 39 heavy (non-hydrogen) atoms. The van der Waals surface area contributed by atoms with Gasteiger partial charge in [-0.1, -0.05) is 109 Å². The number of nitrogens with zero attached hydrogens (tertiary/aromatic N) is 4. The summed E-state index contributed by atoms with van der Waals surface area (Å²) in [4.78, 5) is 7.93. The second-order valence-corrected chi connectivity index (χ2v) is 6.60. The van der Waals surface area contributed by atoms with Gasteiger partial charge in [0.1, 0.15) is 0 Å². The topological polar surface area (TPSA) is 111 Å². The molecule has 0 aliphatic rings. The first-order chi connectivity index (χ1) is 18.7. The van der Waals surface area contributed by atoms with Gasteiger partial charge in [0.2, 0.25) is 0 Å². The van der Waals surface area contributed by atoms with Crippen LogP contribution in [0.2, 0.25) is 0 Å². The largest absolute Gasteiger partial charge is 2.00 e. The fourth-order valence-corrected chi connectivity index (χ4v) is 2.46. The van der Waals surface area contributed by atoms with Gasteiger partial charge in [-0.15, -0.1) is 0 Å². The predicted octanol–water partition coefficient (Wildman–Crippen LogP) is 7.04. The van der Waals surface area contributed by atoms with Crippen LogP contribution < -0.4 is 0 Å². The van der Waals surface area contributed by atoms with E-state index in [0.717, 1.165) is 14.2 Å². The number of isothiocyanates is 2. The molecule has 2 aromatic heterocycles. The molecule has 196 valence electrons. The fraction of sp³-hybridized carbons (Fsp3) is 0.0667. The van der Waals surface area contributed by atoms with E-state index in [4.69, 9.17) is 21.0 Å². The number of benzene rings is 2. The van der Waals surface area contributed by atoms with Gasteiger partial charge < -0.3 is 21.0 Å². The molecule has 0 amide bonds. The first-order valence-corrected chi connectivity index (χ1v) is 11.7. The Morgan fingerprint density at radius 2 is 0.718 bits per heavy atom. The minimum absolute atomic E-state index is 0. The average molecular weight is 608 g/mol. The van der Waals surface area contributed by atoms with Gasteiger partial charge in [0.15, 0.2) is 0 Å². The van der Waals surface area contributed by atoms with Crippen LogP contribution >= 0.6 is 24.4 Å². The Balaban J connectivity index is -0.000000491. The maximum absolute atomic E-state index is 7.13. The molecule has 4 aromatic rings. The molecule has 0 radical (unpaired) electrons. The summed E-state index contributed by atoms with van der Waals surface area (Å²) < 4.78 is 0. The van der Waals surface area contributed by atoms with Crippen LogP contribution in [0, 0.1) is 0 Å². The zero-order chi connectivity index (χ0) is 28.7. The summed E-state index contributed by atoms with van der Waals surface area (Å²) in [5, 5.41) is 30.9. The summed E-state index contributed by atoms with van der Waals surface area (Å²) >= 11 is 7.40. The van der Waals surface area contributed by atoms with Crippen LogP contribution in [-0.2, 0) is 19.5 Å². The number of aliphatic hydroxyl groups is 2. The fourth-order valence-electron chi connectivity index (χ4n) is 2.46. The van der Waals surface area contributed by atoms with Gasteiger partial charge in [-0.3, -0.25) is 9.97 Å². The molecule has 2 heterocycles. The second kappa shape index (κ2) is 32.4. The third-order valence-electron chi connectivity index (χ3n) is 3.95. The van der Waals surface area contributed by atoms with E-state index in [1.807, 2.05) is 60.7 Å². The summed E-state index contributed by atoms with van der Waals surface area (Å²) in [6.45, 7) is 0. The number of aromatic nitrogens is 2. The number of aliphatic hydroxyl groups excluding tert-OH is 2. The van der Waals surface area contributed by atoms with Crippen molar-refractivity contribution in [2.45, 2.75) is 0 Å². The van der Waals surface area contributed by atoms with E-state index in [1.54, 1.807) is 24.8 Å². The molecule has 0 unspecified atom stereocenters. The Kier molecular flexibility index (Phi) is 33.1. The smallest absolute Gasteiger partial charge is 0.753 e. The molecular formula is C30H30N4O2S2Zn. The predicted molar refractivity (Wildman–Crippen MR) is 167 cm³/mol. The first kappa shape index (κ1) is 39.9. The van der Waals surface area contributed by atoms with Gasteiger partial charge in [-0.05, 0) is 46.5 Å². The Labute approximate surface area is 254 Å². The molecule has 0 aliphatic carbocycles. The van der Waals surface area contributed by atoms with Crippen molar-refractivity contribution < 1.29 is 29.7 Å². The Bertz CT molecular complexity index is 1000. The maximum atomic E-state index is 7.13. The minimum Gasteiger partial charge on any atom is -0.753 e. The van der Waals surface area contributed by atoms with E-state index in [0.29, 0.717) is 0 Å². The van der Waals surface area contributed by atoms with Crippen LogP contribution in [-0.4, -0.2) is 44.7 Å². The standard InChI is InChI=1S/2C13H11N.2CNS.2CH4O.Zn/c2*1-2-4-12(5-3-1)6-7-13-8-10-14-11-9-13;2*2-1-3;2*1-2;/h2*1-11H;;;2*2H,1H3;/q;;2*-1;;;+2/b2*7-6+;;;;;. The van der Waals surface area contributed by atoms with Gasteiger partial charge in [0.25, 0.3) is 0 Å². The summed E-state index contributed by atoms with van der Waals surface area (Å²) in [5.41, 5.74) is 4.77. The van der Waals surface area contributed by atoms with Crippen LogP contribution in [0.15, 0.2) is 110 Å². The Hall–Kier alpha value is -3.64. The van der Waals surface area contributed by atoms with Crippen LogP contribution in [0.3, 0.4) is 0 Å². The van der Waals surface area contributed by atoms with E-state index in [1.165, 1.54) is 32.6 Å². The molecular weight excluding hydrogens is 578 g/mol. The van der Waals surface area contributed by atoms with E-state index in [-0.39, 0.29) is 19.5 Å². The molecule has 0 saturated carbocycles. The molecule has 2 aromatic carbocycles. The molecule has 4 rings (SSSR count). The molecule has 2 N–H and O–H groups in total. The van der Waals surface area contributed by atoms with E-state index >= 15 is 0 Å². The zero-order valence-electron chi connectivity index (χ0n) is 21.9. The molecule has 9 heteroatoms. The molecule has 0 spiro atoms. The number of rotatable bonds is 4. The molecule has 0 atom stereocenters. The number of hydrogen-bond acceptors (Lipinski definition) is 6. The van der Waals surface area contributed by atoms with Crippen molar-refractivity contribution in [3.63, 3.8) is 0 Å². The van der Waals surface area contributed by atoms with E-state index in [2.05, 4.69) is 83.0 Å². The van der Waals surface area contributed by atoms with Crippen LogP contribution in [0.5, 0.6) is 0 Å². The SMILES string of the molecule is C(=C\c1ccncc1)/c1ccccc1.C(=C\c1ccncc1)/c1ccccc1.CO.CO.[N-]=C=S.[N-]=C=S.[Zn+2]. The third-order valence-corrected chi connectivity index (χ3v) is 3.95. The summed E-state index contributed by atoms with van der Waals surface area (Å²) in [6.07, 6.45) is 15.5. The summed E-state index contributed by atoms with van der Waals surface area (Å²) in [7, 11) is 2.00. The van der Waals surface area contributed by atoms with Crippen molar-refractivity contribution in [3.05, 3.63) is 143 Å². The van der Waals surface area contributed by atoms with Crippen molar-refractivity contribution in [2.75, 3.05) is 14.2 Å². The molecule has 6 nitrogen and oxygen atoms in total. The second-order valence-electron chi connectivity index (χ2n) is 6.23. The molecule has 0 saturated heterocycles. The van der Waals surface area contributed by atoms with Gasteiger partial charge in [0.05, 0.1) is 0 Å². The van der Waals surface area contributed by atoms with E-state index < -0.39 is 0 Å². The monoisotopic (exact) mass is 606 g/mol. The van der Waals surface area contributed by atoms with Crippen LogP contribution in [0.4, 0.5) is 0 Å². The Morgan fingerprint density at radius 3 is 0.949 bits per heavy atom. The Morgan fingerprint density at radius 1 is 0.513 bits per heavy atom. The van der Waals surface area contributed by atoms with Gasteiger partial charge in [0, 0.05) is 39.0 Å². The quantitative estimate of drug-likeness (QED) is 0.146. The number of thiocarbonyl (C=S) groups is 2. The van der Waals surface area contributed by atoms with Gasteiger partial charge in [-0.2, -0.15) is 10.3 Å². The van der Waals surface area contributed by atoms with Crippen molar-refractivity contribution in [1.29, 1.82) is 0 Å². The minimum atomic E-state index is 0. The maximum Gasteiger partial charge on any atom is 2.00 e. The van der Waals surface area contributed by atoms with Crippen molar-refractivity contribution in [1.82, 2.24) is 9.97 Å². The van der Waals surface area contributed by atoms with Crippen LogP contribution in [0.1, 0.15) is 22.3 Å². The number of pyridine rings is 2. The third kappa shape index (κ3) is 24.5. The van der Waals surface area contributed by atoms with Crippen molar-refractivity contribution in [2.24, 2.45) is 0 Å². The number of hydrogen-bond donors (Lipinski definition) is 2. The summed E-state index contributed by atoms with van der Waals surface area (Å²) in [6, 6.07) is 28.4. The van der Waals surface area contributed by atoms with E-state index in [9.17, 15) is 0 Å². The molecule has 0 aliphatic heterocycles. The molecule has 0 fully saturated rings. The van der Waals surface area contributed by atoms with Crippen molar-refractivity contribution >= 4 is 59.1 Å².